The van der Waals surface area contributed by atoms with Crippen LogP contribution >= 0.6 is 18.4 Å². The van der Waals surface area contributed by atoms with E-state index in [4.69, 9.17) is 20.9 Å². The molecule has 0 aromatic rings. The van der Waals surface area contributed by atoms with Gasteiger partial charge in [0.15, 0.2) is 0 Å². The largest absolute Gasteiger partial charge is 0.596 e. The standard InChI is InChI=1S/C13H28N3O5PS3/c1-7-11(4)16(22(23,19-8-2)20-9-3)25(18)10-14-13(17)21-15-12(5)24-6/h11H,7-10H2,1-6H3,(H,14,17). The molecule has 0 aromatic heterocycles. The zero-order valence-corrected chi connectivity index (χ0v) is 18.9. The number of carbonyl (C=O) groups excluding carboxylic acids is 1. The maximum absolute atomic E-state index is 12.8. The average molecular weight is 434 g/mol. The highest BCUT2D eigenvalue weighted by Gasteiger charge is 2.41. The van der Waals surface area contributed by atoms with Crippen molar-refractivity contribution in [3.8, 4) is 0 Å². The number of hydrogen-bond acceptors (Lipinski definition) is 8. The molecule has 0 aliphatic heterocycles. The van der Waals surface area contributed by atoms with Gasteiger partial charge in [0, 0.05) is 0 Å². The van der Waals surface area contributed by atoms with E-state index >= 15 is 0 Å². The van der Waals surface area contributed by atoms with Crippen molar-refractivity contribution in [3.05, 3.63) is 0 Å². The Bertz CT molecular complexity index is 474. The van der Waals surface area contributed by atoms with Crippen LogP contribution in [0.5, 0.6) is 0 Å². The van der Waals surface area contributed by atoms with Crippen LogP contribution < -0.4 is 5.32 Å². The molecule has 1 N–H and O–H groups in total. The van der Waals surface area contributed by atoms with Crippen LogP contribution in [-0.2, 0) is 37.1 Å². The Morgan fingerprint density at radius 2 is 1.96 bits per heavy atom. The summed E-state index contributed by atoms with van der Waals surface area (Å²) in [5.41, 5.74) is 0. The molecule has 0 aromatic carbocycles. The minimum Gasteiger partial charge on any atom is -0.596 e. The van der Waals surface area contributed by atoms with Crippen LogP contribution in [0.25, 0.3) is 0 Å². The van der Waals surface area contributed by atoms with E-state index in [0.717, 1.165) is 0 Å². The second-order valence-electron chi connectivity index (χ2n) is 4.70. The zero-order chi connectivity index (χ0) is 19.5. The van der Waals surface area contributed by atoms with E-state index in [0.29, 0.717) is 24.7 Å². The first-order chi connectivity index (χ1) is 11.7. The van der Waals surface area contributed by atoms with Crippen molar-refractivity contribution in [2.75, 3.05) is 25.3 Å². The Balaban J connectivity index is 5.04. The number of thioether (sulfide) groups is 1. The molecular weight excluding hydrogens is 405 g/mol. The summed E-state index contributed by atoms with van der Waals surface area (Å²) in [5, 5.41) is 6.63. The van der Waals surface area contributed by atoms with Gasteiger partial charge in [-0.1, -0.05) is 12.1 Å². The van der Waals surface area contributed by atoms with Gasteiger partial charge in [0.2, 0.25) is 5.88 Å². The molecule has 0 spiro atoms. The molecule has 0 rings (SSSR count). The van der Waals surface area contributed by atoms with E-state index in [1.54, 1.807) is 24.8 Å². The van der Waals surface area contributed by atoms with Gasteiger partial charge in [-0.3, -0.25) is 10.2 Å². The van der Waals surface area contributed by atoms with Crippen molar-refractivity contribution in [1.29, 1.82) is 0 Å². The third kappa shape index (κ3) is 9.05. The molecule has 0 aliphatic carbocycles. The molecule has 2 atom stereocenters. The van der Waals surface area contributed by atoms with Crippen molar-refractivity contribution >= 4 is 52.7 Å². The lowest BCUT2D eigenvalue weighted by atomic mass is 10.3. The third-order valence-corrected chi connectivity index (χ3v) is 9.44. The summed E-state index contributed by atoms with van der Waals surface area (Å²) in [4.78, 5) is 16.3. The molecule has 0 saturated heterocycles. The molecule has 2 unspecified atom stereocenters. The fourth-order valence-corrected chi connectivity index (χ4v) is 7.32. The molecule has 0 fully saturated rings. The van der Waals surface area contributed by atoms with Crippen LogP contribution in [0.2, 0.25) is 0 Å². The van der Waals surface area contributed by atoms with E-state index in [2.05, 4.69) is 15.3 Å². The quantitative estimate of drug-likeness (QED) is 0.132. The number of nitrogens with zero attached hydrogens (tertiary/aromatic N) is 2. The van der Waals surface area contributed by atoms with E-state index in [1.807, 2.05) is 20.1 Å². The van der Waals surface area contributed by atoms with Crippen LogP contribution in [0.1, 0.15) is 41.0 Å². The predicted molar refractivity (Wildman–Crippen MR) is 108 cm³/mol. The van der Waals surface area contributed by atoms with Gasteiger partial charge in [0.25, 0.3) is 0 Å². The van der Waals surface area contributed by atoms with Gasteiger partial charge < -0.3 is 13.6 Å². The lowest BCUT2D eigenvalue weighted by molar-refractivity contribution is 0.152. The first-order valence-corrected chi connectivity index (χ1v) is 12.9. The molecule has 12 heteroatoms. The highest BCUT2D eigenvalue weighted by molar-refractivity contribution is 8.13. The topological polar surface area (TPSA) is 95.5 Å². The summed E-state index contributed by atoms with van der Waals surface area (Å²) in [7, 11) is 0. The molecule has 0 saturated carbocycles. The lowest BCUT2D eigenvalue weighted by Gasteiger charge is -2.35. The van der Waals surface area contributed by atoms with Gasteiger partial charge in [-0.05, 0) is 56.3 Å². The molecule has 25 heavy (non-hydrogen) atoms. The minimum atomic E-state index is -2.91. The molecule has 0 radical (unpaired) electrons. The van der Waals surface area contributed by atoms with Gasteiger partial charge in [0.05, 0.1) is 30.6 Å². The highest BCUT2D eigenvalue weighted by Crippen LogP contribution is 2.55. The van der Waals surface area contributed by atoms with Crippen molar-refractivity contribution in [2.45, 2.75) is 47.1 Å². The Hall–Kier alpha value is 0.130. The van der Waals surface area contributed by atoms with Crippen molar-refractivity contribution in [3.63, 3.8) is 0 Å². The maximum Gasteiger partial charge on any atom is 0.437 e. The van der Waals surface area contributed by atoms with Crippen LogP contribution in [0.15, 0.2) is 5.16 Å². The Kier molecular flexibility index (Phi) is 13.4. The van der Waals surface area contributed by atoms with Gasteiger partial charge in [-0.15, -0.1) is 11.8 Å². The monoisotopic (exact) mass is 433 g/mol. The van der Waals surface area contributed by atoms with Gasteiger partial charge in [0.1, 0.15) is 5.04 Å². The van der Waals surface area contributed by atoms with Crippen LogP contribution in [0, 0.1) is 0 Å². The van der Waals surface area contributed by atoms with Crippen molar-refractivity contribution in [2.24, 2.45) is 5.16 Å². The summed E-state index contributed by atoms with van der Waals surface area (Å²) in [5.74, 6) is -0.171. The fraction of sp³-hybridized carbons (Fsp3) is 0.846. The first-order valence-electron chi connectivity index (χ1n) is 7.86. The molecule has 8 nitrogen and oxygen atoms in total. The molecule has 148 valence electrons. The first kappa shape index (κ1) is 25.1. The van der Waals surface area contributed by atoms with E-state index in [-0.39, 0.29) is 11.9 Å². The number of hydrogen-bond donors (Lipinski definition) is 1. The van der Waals surface area contributed by atoms with Gasteiger partial charge >= 0.3 is 12.7 Å². The Morgan fingerprint density at radius 3 is 2.40 bits per heavy atom. The predicted octanol–water partition coefficient (Wildman–Crippen LogP) is 3.43. The van der Waals surface area contributed by atoms with Crippen molar-refractivity contribution in [1.82, 2.24) is 9.39 Å². The molecule has 1 amide bonds. The molecular formula is C13H28N3O5PS3. The average Bonchev–Trinajstić information content (AvgIpc) is 2.57. The normalized spacial score (nSPS) is 15.1. The summed E-state index contributed by atoms with van der Waals surface area (Å²) in [6.07, 6.45) is 1.73. The summed E-state index contributed by atoms with van der Waals surface area (Å²) in [6.45, 7) is 6.95. The van der Waals surface area contributed by atoms with Gasteiger partial charge in [-0.25, -0.2) is 4.79 Å². The fourth-order valence-electron chi connectivity index (χ4n) is 1.55. The second-order valence-corrected chi connectivity index (χ2v) is 10.6. The maximum atomic E-state index is 12.8. The summed E-state index contributed by atoms with van der Waals surface area (Å²) < 4.78 is 25.6. The second kappa shape index (κ2) is 13.3. The Morgan fingerprint density at radius 1 is 1.40 bits per heavy atom. The number of carbonyl (C=O) groups is 1. The molecule has 0 bridgehead atoms. The van der Waals surface area contributed by atoms with Gasteiger partial charge in [-0.2, -0.15) is 0 Å². The highest BCUT2D eigenvalue weighted by atomic mass is 32.5. The zero-order valence-electron chi connectivity index (χ0n) is 15.5. The lowest BCUT2D eigenvalue weighted by Crippen LogP contribution is -2.42. The molecule has 0 heterocycles. The summed E-state index contributed by atoms with van der Waals surface area (Å²) in [6, 6.07) is -0.139. The number of amides is 1. The number of nitrogens with one attached hydrogen (secondary N) is 1. The summed E-state index contributed by atoms with van der Waals surface area (Å²) >= 11 is 5.27. The van der Waals surface area contributed by atoms with E-state index < -0.39 is 24.1 Å². The van der Waals surface area contributed by atoms with E-state index in [9.17, 15) is 9.35 Å². The van der Waals surface area contributed by atoms with Crippen molar-refractivity contribution < 1.29 is 23.2 Å². The smallest absolute Gasteiger partial charge is 0.437 e. The molecule has 0 aliphatic rings. The SMILES string of the molecule is CCOP(=S)(OCC)N(C(C)CC)[S+]([O-])CNC(=O)ON=C(C)SC. The van der Waals surface area contributed by atoms with Crippen LogP contribution in [-0.4, -0.2) is 51.2 Å². The Labute approximate surface area is 162 Å². The van der Waals surface area contributed by atoms with E-state index in [1.165, 1.54) is 11.8 Å². The van der Waals surface area contributed by atoms with Crippen LogP contribution in [0.3, 0.4) is 0 Å². The minimum absolute atomic E-state index is 0.139. The van der Waals surface area contributed by atoms with Crippen LogP contribution in [0.4, 0.5) is 4.79 Å². The number of rotatable bonds is 11. The third-order valence-electron chi connectivity index (χ3n) is 2.89. The number of oxime groups is 1.